The van der Waals surface area contributed by atoms with Gasteiger partial charge >= 0.3 is 0 Å². The van der Waals surface area contributed by atoms with Crippen molar-refractivity contribution in [3.63, 3.8) is 0 Å². The quantitative estimate of drug-likeness (QED) is 0.899. The van der Waals surface area contributed by atoms with E-state index in [1.807, 2.05) is 0 Å². The molecule has 2 heterocycles. The van der Waals surface area contributed by atoms with Crippen LogP contribution in [0.25, 0.3) is 5.57 Å². The SMILES string of the molecule is O=S1(=O)C=C(CN2CCCCC2)c2cccc(O)c21. The summed E-state index contributed by atoms with van der Waals surface area (Å²) in [6, 6.07) is 4.89. The first-order valence-electron chi connectivity index (χ1n) is 6.58. The van der Waals surface area contributed by atoms with E-state index in [1.165, 1.54) is 30.7 Å². The molecule has 2 aliphatic rings. The normalized spacial score (nSPS) is 22.0. The molecule has 1 saturated heterocycles. The Kier molecular flexibility index (Phi) is 3.11. The number of phenols is 1. The van der Waals surface area contributed by atoms with E-state index in [0.717, 1.165) is 18.7 Å². The van der Waals surface area contributed by atoms with Gasteiger partial charge in [-0.1, -0.05) is 18.6 Å². The van der Waals surface area contributed by atoms with Crippen molar-refractivity contribution in [1.29, 1.82) is 0 Å². The third kappa shape index (κ3) is 2.28. The third-order valence-electron chi connectivity index (χ3n) is 3.76. The van der Waals surface area contributed by atoms with Crippen molar-refractivity contribution in [2.45, 2.75) is 24.2 Å². The van der Waals surface area contributed by atoms with Crippen LogP contribution in [0.15, 0.2) is 28.5 Å². The van der Waals surface area contributed by atoms with Crippen molar-refractivity contribution < 1.29 is 13.5 Å². The molecule has 4 nitrogen and oxygen atoms in total. The molecule has 1 aromatic carbocycles. The number of piperidine rings is 1. The first-order chi connectivity index (χ1) is 9.08. The summed E-state index contributed by atoms with van der Waals surface area (Å²) in [6.07, 6.45) is 3.60. The Labute approximate surface area is 113 Å². The van der Waals surface area contributed by atoms with Crippen molar-refractivity contribution in [2.24, 2.45) is 0 Å². The predicted octanol–water partition coefficient (Wildman–Crippen LogP) is 2.01. The predicted molar refractivity (Wildman–Crippen MR) is 73.6 cm³/mol. The van der Waals surface area contributed by atoms with Gasteiger partial charge in [0.15, 0.2) is 0 Å². The highest BCUT2D eigenvalue weighted by atomic mass is 32.2. The topological polar surface area (TPSA) is 57.6 Å². The average Bonchev–Trinajstić information content (AvgIpc) is 2.63. The first kappa shape index (κ1) is 12.7. The summed E-state index contributed by atoms with van der Waals surface area (Å²) in [4.78, 5) is 2.35. The second-order valence-corrected chi connectivity index (χ2v) is 6.91. The number of hydrogen-bond donors (Lipinski definition) is 1. The fraction of sp³-hybridized carbons (Fsp3) is 0.429. The second kappa shape index (κ2) is 4.65. The summed E-state index contributed by atoms with van der Waals surface area (Å²) >= 11 is 0. The summed E-state index contributed by atoms with van der Waals surface area (Å²) in [5.74, 6) is -0.151. The molecule has 0 aliphatic carbocycles. The Morgan fingerprint density at radius 1 is 1.16 bits per heavy atom. The molecule has 0 amide bonds. The maximum Gasteiger partial charge on any atom is 0.204 e. The molecule has 102 valence electrons. The van der Waals surface area contributed by atoms with Crippen LogP contribution in [0.1, 0.15) is 24.8 Å². The highest BCUT2D eigenvalue weighted by Crippen LogP contribution is 2.39. The summed E-state index contributed by atoms with van der Waals surface area (Å²) in [5.41, 5.74) is 1.46. The zero-order chi connectivity index (χ0) is 13.5. The zero-order valence-electron chi connectivity index (χ0n) is 10.7. The molecule has 0 bridgehead atoms. The third-order valence-corrected chi connectivity index (χ3v) is 5.36. The fourth-order valence-electron chi connectivity index (χ4n) is 2.87. The molecule has 1 N–H and O–H groups in total. The molecule has 5 heteroatoms. The molecule has 0 unspecified atom stereocenters. The van der Waals surface area contributed by atoms with Crippen LogP contribution in [0.3, 0.4) is 0 Å². The molecule has 2 aliphatic heterocycles. The number of likely N-dealkylation sites (tertiary alicyclic amines) is 1. The highest BCUT2D eigenvalue weighted by Gasteiger charge is 2.30. The number of aromatic hydroxyl groups is 1. The van der Waals surface area contributed by atoms with Gasteiger partial charge in [0.25, 0.3) is 0 Å². The van der Waals surface area contributed by atoms with Crippen molar-refractivity contribution in [3.05, 3.63) is 29.2 Å². The maximum absolute atomic E-state index is 12.1. The standard InChI is InChI=1S/C14H17NO3S/c16-13-6-4-5-12-11(10-19(17,18)14(12)13)9-15-7-2-1-3-8-15/h4-6,10,16H,1-3,7-9H2. The largest absolute Gasteiger partial charge is 0.507 e. The molecular formula is C14H17NO3S. The molecular weight excluding hydrogens is 262 g/mol. The summed E-state index contributed by atoms with van der Waals surface area (Å²) in [7, 11) is -3.47. The summed E-state index contributed by atoms with van der Waals surface area (Å²) in [5, 5.41) is 11.1. The summed E-state index contributed by atoms with van der Waals surface area (Å²) < 4.78 is 24.1. The molecule has 0 aromatic heterocycles. The minimum atomic E-state index is -3.47. The minimum absolute atomic E-state index is 0.0713. The van der Waals surface area contributed by atoms with Gasteiger partial charge in [0.1, 0.15) is 10.6 Å². The van der Waals surface area contributed by atoms with Gasteiger partial charge in [-0.15, -0.1) is 0 Å². The first-order valence-corrected chi connectivity index (χ1v) is 8.13. The van der Waals surface area contributed by atoms with E-state index in [0.29, 0.717) is 12.1 Å². The van der Waals surface area contributed by atoms with Crippen molar-refractivity contribution in [2.75, 3.05) is 19.6 Å². The van der Waals surface area contributed by atoms with Gasteiger partial charge in [-0.2, -0.15) is 0 Å². The molecule has 0 saturated carbocycles. The monoisotopic (exact) mass is 279 g/mol. The summed E-state index contributed by atoms with van der Waals surface area (Å²) in [6.45, 7) is 2.69. The van der Waals surface area contributed by atoms with E-state index in [-0.39, 0.29) is 10.6 Å². The van der Waals surface area contributed by atoms with Gasteiger partial charge in [0, 0.05) is 17.5 Å². The number of hydrogen-bond acceptors (Lipinski definition) is 4. The lowest BCUT2D eigenvalue weighted by Crippen LogP contribution is -2.30. The molecule has 3 rings (SSSR count). The van der Waals surface area contributed by atoms with Crippen LogP contribution in [-0.4, -0.2) is 38.1 Å². The van der Waals surface area contributed by atoms with E-state index < -0.39 is 9.84 Å². The number of nitrogens with zero attached hydrogens (tertiary/aromatic N) is 1. The highest BCUT2D eigenvalue weighted by molar-refractivity contribution is 7.95. The number of benzene rings is 1. The van der Waals surface area contributed by atoms with Gasteiger partial charge in [-0.3, -0.25) is 4.90 Å². The Bertz CT molecular complexity index is 628. The van der Waals surface area contributed by atoms with E-state index in [9.17, 15) is 13.5 Å². The van der Waals surface area contributed by atoms with Crippen LogP contribution >= 0.6 is 0 Å². The van der Waals surface area contributed by atoms with Crippen LogP contribution in [0.4, 0.5) is 0 Å². The maximum atomic E-state index is 12.1. The van der Waals surface area contributed by atoms with Gasteiger partial charge in [0.05, 0.1) is 0 Å². The van der Waals surface area contributed by atoms with Crippen LogP contribution in [0, 0.1) is 0 Å². The van der Waals surface area contributed by atoms with E-state index in [4.69, 9.17) is 0 Å². The molecule has 1 fully saturated rings. The molecule has 0 atom stereocenters. The van der Waals surface area contributed by atoms with Crippen molar-refractivity contribution in [1.82, 2.24) is 4.90 Å². The van der Waals surface area contributed by atoms with Gasteiger partial charge in [-0.05, 0) is 37.6 Å². The lowest BCUT2D eigenvalue weighted by Gasteiger charge is -2.26. The van der Waals surface area contributed by atoms with Crippen molar-refractivity contribution >= 4 is 15.4 Å². The lowest BCUT2D eigenvalue weighted by molar-refractivity contribution is 0.255. The van der Waals surface area contributed by atoms with Gasteiger partial charge in [-0.25, -0.2) is 8.42 Å². The minimum Gasteiger partial charge on any atom is -0.507 e. The van der Waals surface area contributed by atoms with E-state index >= 15 is 0 Å². The number of fused-ring (bicyclic) bond motifs is 1. The van der Waals surface area contributed by atoms with Crippen LogP contribution in [0.5, 0.6) is 5.75 Å². The van der Waals surface area contributed by atoms with Crippen LogP contribution in [0.2, 0.25) is 0 Å². The van der Waals surface area contributed by atoms with E-state index in [1.54, 1.807) is 12.1 Å². The Morgan fingerprint density at radius 2 is 1.89 bits per heavy atom. The number of phenolic OH excluding ortho intramolecular Hbond substituents is 1. The zero-order valence-corrected chi connectivity index (χ0v) is 11.5. The number of sulfone groups is 1. The molecule has 1 aromatic rings. The molecule has 0 spiro atoms. The van der Waals surface area contributed by atoms with Crippen LogP contribution in [-0.2, 0) is 9.84 Å². The lowest BCUT2D eigenvalue weighted by atomic mass is 10.0. The van der Waals surface area contributed by atoms with Crippen LogP contribution < -0.4 is 0 Å². The van der Waals surface area contributed by atoms with E-state index in [2.05, 4.69) is 4.90 Å². The van der Waals surface area contributed by atoms with Gasteiger partial charge in [0.2, 0.25) is 9.84 Å². The average molecular weight is 279 g/mol. The fourth-order valence-corrected chi connectivity index (χ4v) is 4.43. The second-order valence-electron chi connectivity index (χ2n) is 5.18. The molecule has 19 heavy (non-hydrogen) atoms. The smallest absolute Gasteiger partial charge is 0.204 e. The van der Waals surface area contributed by atoms with Crippen molar-refractivity contribution in [3.8, 4) is 5.75 Å². The van der Waals surface area contributed by atoms with Gasteiger partial charge < -0.3 is 5.11 Å². The number of rotatable bonds is 2. The Hall–Kier alpha value is -1.33. The Balaban J connectivity index is 1.94. The molecule has 0 radical (unpaired) electrons. The Morgan fingerprint density at radius 3 is 2.63 bits per heavy atom.